The Labute approximate surface area is 111 Å². The van der Waals surface area contributed by atoms with Gasteiger partial charge in [0, 0.05) is 23.4 Å². The van der Waals surface area contributed by atoms with E-state index >= 15 is 0 Å². The number of para-hydroxylation sites is 1. The molecular weight excluding hydrogens is 242 g/mol. The zero-order valence-electron chi connectivity index (χ0n) is 10.3. The summed E-state index contributed by atoms with van der Waals surface area (Å²) in [6.07, 6.45) is 1.84. The molecule has 2 aromatic rings. The first-order valence-electron chi connectivity index (χ1n) is 6.10. The Balaban J connectivity index is 1.79. The normalized spacial score (nSPS) is 18.9. The first-order chi connectivity index (χ1) is 8.83. The molecule has 0 bridgehead atoms. The molecule has 0 saturated carbocycles. The van der Waals surface area contributed by atoms with E-state index in [-0.39, 0.29) is 0 Å². The van der Waals surface area contributed by atoms with Gasteiger partial charge in [0.15, 0.2) is 5.17 Å². The van der Waals surface area contributed by atoms with Gasteiger partial charge in [0.1, 0.15) is 0 Å². The SMILES string of the molecule is CC1CN=C(NCc2cccc3cccnc23)S1. The van der Waals surface area contributed by atoms with E-state index in [2.05, 4.69) is 46.5 Å². The summed E-state index contributed by atoms with van der Waals surface area (Å²) in [5, 5.41) is 6.23. The second-order valence-electron chi connectivity index (χ2n) is 4.42. The van der Waals surface area contributed by atoms with Crippen molar-refractivity contribution in [2.24, 2.45) is 4.99 Å². The zero-order chi connectivity index (χ0) is 12.4. The first-order valence-corrected chi connectivity index (χ1v) is 6.98. The predicted molar refractivity (Wildman–Crippen MR) is 77.9 cm³/mol. The van der Waals surface area contributed by atoms with Crippen molar-refractivity contribution < 1.29 is 0 Å². The summed E-state index contributed by atoms with van der Waals surface area (Å²) in [5.41, 5.74) is 2.29. The number of amidine groups is 1. The molecule has 0 spiro atoms. The van der Waals surface area contributed by atoms with Gasteiger partial charge in [0.25, 0.3) is 0 Å². The van der Waals surface area contributed by atoms with Crippen LogP contribution >= 0.6 is 11.8 Å². The van der Waals surface area contributed by atoms with Crippen LogP contribution in [-0.4, -0.2) is 21.9 Å². The summed E-state index contributed by atoms with van der Waals surface area (Å²) in [6.45, 7) is 3.90. The Hall–Kier alpha value is -1.55. The molecule has 1 aromatic carbocycles. The quantitative estimate of drug-likeness (QED) is 0.899. The van der Waals surface area contributed by atoms with Gasteiger partial charge in [-0.3, -0.25) is 9.98 Å². The molecule has 18 heavy (non-hydrogen) atoms. The summed E-state index contributed by atoms with van der Waals surface area (Å²) in [6, 6.07) is 10.4. The Morgan fingerprint density at radius 1 is 1.33 bits per heavy atom. The van der Waals surface area contributed by atoms with Crippen molar-refractivity contribution in [3.8, 4) is 0 Å². The third kappa shape index (κ3) is 2.34. The van der Waals surface area contributed by atoms with Crippen LogP contribution in [0, 0.1) is 0 Å². The van der Waals surface area contributed by atoms with Crippen molar-refractivity contribution in [2.75, 3.05) is 6.54 Å². The highest BCUT2D eigenvalue weighted by Crippen LogP contribution is 2.20. The van der Waals surface area contributed by atoms with E-state index in [1.165, 1.54) is 10.9 Å². The van der Waals surface area contributed by atoms with Gasteiger partial charge in [0.05, 0.1) is 12.1 Å². The third-order valence-electron chi connectivity index (χ3n) is 2.95. The molecule has 1 aromatic heterocycles. The molecule has 1 aliphatic rings. The second-order valence-corrected chi connectivity index (χ2v) is 5.85. The lowest BCUT2D eigenvalue weighted by molar-refractivity contribution is 0.917. The Morgan fingerprint density at radius 2 is 2.22 bits per heavy atom. The van der Waals surface area contributed by atoms with Crippen LogP contribution in [0.5, 0.6) is 0 Å². The van der Waals surface area contributed by atoms with Crippen molar-refractivity contribution in [3.05, 3.63) is 42.1 Å². The molecule has 3 rings (SSSR count). The van der Waals surface area contributed by atoms with E-state index in [1.807, 2.05) is 24.0 Å². The average Bonchev–Trinajstić information content (AvgIpc) is 2.82. The number of fused-ring (bicyclic) bond motifs is 1. The number of nitrogens with one attached hydrogen (secondary N) is 1. The van der Waals surface area contributed by atoms with Crippen LogP contribution in [-0.2, 0) is 6.54 Å². The fourth-order valence-corrected chi connectivity index (χ4v) is 2.89. The monoisotopic (exact) mass is 257 g/mol. The molecule has 0 amide bonds. The number of hydrogen-bond acceptors (Lipinski definition) is 4. The van der Waals surface area contributed by atoms with E-state index in [0.29, 0.717) is 5.25 Å². The Bertz CT molecular complexity index is 589. The highest BCUT2D eigenvalue weighted by Gasteiger charge is 2.14. The minimum absolute atomic E-state index is 0.596. The van der Waals surface area contributed by atoms with Crippen molar-refractivity contribution in [1.29, 1.82) is 0 Å². The number of hydrogen-bond donors (Lipinski definition) is 1. The van der Waals surface area contributed by atoms with Crippen LogP contribution < -0.4 is 5.32 Å². The Morgan fingerprint density at radius 3 is 3.06 bits per heavy atom. The van der Waals surface area contributed by atoms with E-state index in [4.69, 9.17) is 0 Å². The van der Waals surface area contributed by atoms with Gasteiger partial charge in [-0.2, -0.15) is 0 Å². The summed E-state index contributed by atoms with van der Waals surface area (Å²) in [5.74, 6) is 0. The molecule has 92 valence electrons. The van der Waals surface area contributed by atoms with Gasteiger partial charge >= 0.3 is 0 Å². The highest BCUT2D eigenvalue weighted by molar-refractivity contribution is 8.14. The summed E-state index contributed by atoms with van der Waals surface area (Å²) < 4.78 is 0. The smallest absolute Gasteiger partial charge is 0.157 e. The van der Waals surface area contributed by atoms with Crippen LogP contribution in [0.3, 0.4) is 0 Å². The number of pyridine rings is 1. The molecule has 1 unspecified atom stereocenters. The minimum atomic E-state index is 0.596. The Kier molecular flexibility index (Phi) is 3.19. The molecule has 0 fully saturated rings. The van der Waals surface area contributed by atoms with Crippen molar-refractivity contribution in [3.63, 3.8) is 0 Å². The van der Waals surface area contributed by atoms with Gasteiger partial charge in [-0.1, -0.05) is 43.0 Å². The number of nitrogens with zero attached hydrogens (tertiary/aromatic N) is 2. The highest BCUT2D eigenvalue weighted by atomic mass is 32.2. The topological polar surface area (TPSA) is 37.3 Å². The summed E-state index contributed by atoms with van der Waals surface area (Å²) >= 11 is 1.81. The molecule has 0 saturated heterocycles. The van der Waals surface area contributed by atoms with Crippen LogP contribution in [0.25, 0.3) is 10.9 Å². The summed E-state index contributed by atoms with van der Waals surface area (Å²) in [7, 11) is 0. The molecular formula is C14H15N3S. The van der Waals surface area contributed by atoms with Gasteiger partial charge < -0.3 is 5.32 Å². The van der Waals surface area contributed by atoms with E-state index in [9.17, 15) is 0 Å². The lowest BCUT2D eigenvalue weighted by atomic mass is 10.1. The molecule has 0 aliphatic carbocycles. The molecule has 2 heterocycles. The first kappa shape index (κ1) is 11.5. The van der Waals surface area contributed by atoms with Crippen molar-refractivity contribution in [1.82, 2.24) is 10.3 Å². The largest absolute Gasteiger partial charge is 0.361 e. The lowest BCUT2D eigenvalue weighted by Gasteiger charge is -2.08. The minimum Gasteiger partial charge on any atom is -0.361 e. The van der Waals surface area contributed by atoms with Gasteiger partial charge in [-0.05, 0) is 11.6 Å². The number of thioether (sulfide) groups is 1. The predicted octanol–water partition coefficient (Wildman–Crippen LogP) is 2.82. The standard InChI is InChI=1S/C14H15N3S/c1-10-8-16-14(18-10)17-9-12-5-2-4-11-6-3-7-15-13(11)12/h2-7,10H,8-9H2,1H3,(H,16,17). The molecule has 1 aliphatic heterocycles. The zero-order valence-corrected chi connectivity index (χ0v) is 11.1. The van der Waals surface area contributed by atoms with Crippen molar-refractivity contribution in [2.45, 2.75) is 18.7 Å². The second kappa shape index (κ2) is 4.98. The van der Waals surface area contributed by atoms with E-state index in [0.717, 1.165) is 23.8 Å². The number of benzene rings is 1. The maximum Gasteiger partial charge on any atom is 0.157 e. The lowest BCUT2D eigenvalue weighted by Crippen LogP contribution is -2.18. The van der Waals surface area contributed by atoms with Gasteiger partial charge in [-0.15, -0.1) is 0 Å². The number of rotatable bonds is 2. The van der Waals surface area contributed by atoms with Gasteiger partial charge in [-0.25, -0.2) is 0 Å². The molecule has 1 atom stereocenters. The van der Waals surface area contributed by atoms with Crippen LogP contribution in [0.15, 0.2) is 41.5 Å². The van der Waals surface area contributed by atoms with E-state index in [1.54, 1.807) is 0 Å². The molecule has 0 radical (unpaired) electrons. The molecule has 4 heteroatoms. The maximum absolute atomic E-state index is 4.46. The average molecular weight is 257 g/mol. The van der Waals surface area contributed by atoms with Crippen LogP contribution in [0.4, 0.5) is 0 Å². The maximum atomic E-state index is 4.46. The fraction of sp³-hybridized carbons (Fsp3) is 0.286. The molecule has 1 N–H and O–H groups in total. The third-order valence-corrected chi connectivity index (χ3v) is 4.00. The van der Waals surface area contributed by atoms with Crippen LogP contribution in [0.1, 0.15) is 12.5 Å². The number of aromatic nitrogens is 1. The summed E-state index contributed by atoms with van der Waals surface area (Å²) in [4.78, 5) is 8.91. The van der Waals surface area contributed by atoms with Gasteiger partial charge in [0.2, 0.25) is 0 Å². The van der Waals surface area contributed by atoms with E-state index < -0.39 is 0 Å². The fourth-order valence-electron chi connectivity index (χ4n) is 2.06. The van der Waals surface area contributed by atoms with Crippen molar-refractivity contribution >= 4 is 27.8 Å². The molecule has 3 nitrogen and oxygen atoms in total. The number of aliphatic imine (C=N–C) groups is 1. The van der Waals surface area contributed by atoms with Crippen LogP contribution in [0.2, 0.25) is 0 Å².